The summed E-state index contributed by atoms with van der Waals surface area (Å²) in [7, 11) is 0. The fourth-order valence-electron chi connectivity index (χ4n) is 2.11. The molecule has 4 nitrogen and oxygen atoms in total. The van der Waals surface area contributed by atoms with Crippen molar-refractivity contribution in [3.63, 3.8) is 0 Å². The molecule has 0 aliphatic heterocycles. The van der Waals surface area contributed by atoms with Gasteiger partial charge in [-0.05, 0) is 32.4 Å². The van der Waals surface area contributed by atoms with Crippen molar-refractivity contribution in [2.45, 2.75) is 39.7 Å². The first-order valence-corrected chi connectivity index (χ1v) is 6.95. The summed E-state index contributed by atoms with van der Waals surface area (Å²) in [6, 6.07) is 9.72. The van der Waals surface area contributed by atoms with Gasteiger partial charge in [0.25, 0.3) is 5.91 Å². The predicted molar refractivity (Wildman–Crippen MR) is 78.5 cm³/mol. The molecule has 0 bridgehead atoms. The third kappa shape index (κ3) is 3.26. The quantitative estimate of drug-likeness (QED) is 0.905. The van der Waals surface area contributed by atoms with Crippen molar-refractivity contribution in [1.29, 1.82) is 0 Å². The first-order chi connectivity index (χ1) is 9.61. The van der Waals surface area contributed by atoms with Gasteiger partial charge in [0.15, 0.2) is 5.69 Å². The lowest BCUT2D eigenvalue weighted by Gasteiger charge is -2.11. The summed E-state index contributed by atoms with van der Waals surface area (Å²) in [5, 5.41) is 2.94. The number of rotatable bonds is 5. The molecule has 1 N–H and O–H groups in total. The van der Waals surface area contributed by atoms with Crippen LogP contribution in [0.1, 0.15) is 42.9 Å². The van der Waals surface area contributed by atoms with E-state index in [9.17, 15) is 4.79 Å². The van der Waals surface area contributed by atoms with Crippen molar-refractivity contribution in [2.75, 3.05) is 0 Å². The Labute approximate surface area is 119 Å². The molecule has 20 heavy (non-hydrogen) atoms. The third-order valence-electron chi connectivity index (χ3n) is 3.13. The Hall–Kier alpha value is -2.10. The van der Waals surface area contributed by atoms with Gasteiger partial charge in [0.1, 0.15) is 5.76 Å². The number of hydrogen-bond donors (Lipinski definition) is 1. The molecule has 2 rings (SSSR count). The highest BCUT2D eigenvalue weighted by atomic mass is 16.4. The summed E-state index contributed by atoms with van der Waals surface area (Å²) in [6.07, 6.45) is 1.99. The van der Waals surface area contributed by atoms with Crippen LogP contribution in [0.15, 0.2) is 34.7 Å². The van der Waals surface area contributed by atoms with E-state index in [-0.39, 0.29) is 11.9 Å². The van der Waals surface area contributed by atoms with Gasteiger partial charge >= 0.3 is 0 Å². The van der Waals surface area contributed by atoms with Crippen molar-refractivity contribution in [2.24, 2.45) is 0 Å². The number of nitrogens with one attached hydrogen (secondary N) is 1. The number of aryl methyl sites for hydroxylation is 1. The molecular weight excluding hydrogens is 252 g/mol. The number of carbonyl (C=O) groups excluding carboxylic acids is 1. The highest BCUT2D eigenvalue weighted by Crippen LogP contribution is 2.21. The molecule has 0 saturated heterocycles. The number of benzene rings is 1. The van der Waals surface area contributed by atoms with Gasteiger partial charge in [0.2, 0.25) is 5.89 Å². The van der Waals surface area contributed by atoms with Gasteiger partial charge in [-0.1, -0.05) is 31.5 Å². The standard InChI is InChI=1S/C16H20N2O2/c1-4-8-11(2)17-15(19)14-12(3)20-16(18-14)13-9-6-5-7-10-13/h5-7,9-11H,4,8H2,1-3H3,(H,17,19). The fourth-order valence-corrected chi connectivity index (χ4v) is 2.11. The van der Waals surface area contributed by atoms with E-state index in [2.05, 4.69) is 17.2 Å². The Kier molecular flexibility index (Phi) is 4.56. The summed E-state index contributed by atoms with van der Waals surface area (Å²) in [6.45, 7) is 5.85. The van der Waals surface area contributed by atoms with E-state index in [1.54, 1.807) is 6.92 Å². The molecule has 106 valence electrons. The van der Waals surface area contributed by atoms with Crippen molar-refractivity contribution in [3.8, 4) is 11.5 Å². The summed E-state index contributed by atoms with van der Waals surface area (Å²) < 4.78 is 5.59. The topological polar surface area (TPSA) is 55.1 Å². The van der Waals surface area contributed by atoms with E-state index >= 15 is 0 Å². The molecule has 2 aromatic rings. The molecule has 1 heterocycles. The molecule has 0 aliphatic carbocycles. The predicted octanol–water partition coefficient (Wildman–Crippen LogP) is 3.57. The molecule has 0 fully saturated rings. The smallest absolute Gasteiger partial charge is 0.273 e. The average molecular weight is 272 g/mol. The van der Waals surface area contributed by atoms with Crippen LogP contribution < -0.4 is 5.32 Å². The monoisotopic (exact) mass is 272 g/mol. The number of oxazole rings is 1. The van der Waals surface area contributed by atoms with E-state index in [1.165, 1.54) is 0 Å². The zero-order valence-electron chi connectivity index (χ0n) is 12.1. The van der Waals surface area contributed by atoms with Crippen LogP contribution in [0.3, 0.4) is 0 Å². The zero-order chi connectivity index (χ0) is 14.5. The lowest BCUT2D eigenvalue weighted by atomic mass is 10.2. The van der Waals surface area contributed by atoms with Crippen LogP contribution in [0.5, 0.6) is 0 Å². The molecule has 1 aromatic heterocycles. The molecule has 0 radical (unpaired) electrons. The molecule has 1 unspecified atom stereocenters. The normalized spacial score (nSPS) is 12.2. The van der Waals surface area contributed by atoms with Crippen LogP contribution in [0.25, 0.3) is 11.5 Å². The molecule has 4 heteroatoms. The highest BCUT2D eigenvalue weighted by molar-refractivity contribution is 5.93. The van der Waals surface area contributed by atoms with Gasteiger partial charge in [0, 0.05) is 11.6 Å². The van der Waals surface area contributed by atoms with Crippen LogP contribution in [0, 0.1) is 6.92 Å². The molecule has 0 aliphatic rings. The highest BCUT2D eigenvalue weighted by Gasteiger charge is 2.19. The van der Waals surface area contributed by atoms with Crippen molar-refractivity contribution < 1.29 is 9.21 Å². The first-order valence-electron chi connectivity index (χ1n) is 6.95. The van der Waals surface area contributed by atoms with Gasteiger partial charge in [-0.15, -0.1) is 0 Å². The minimum atomic E-state index is -0.172. The molecule has 0 saturated carbocycles. The summed E-state index contributed by atoms with van der Waals surface area (Å²) in [5.41, 5.74) is 1.24. The minimum Gasteiger partial charge on any atom is -0.441 e. The number of carbonyl (C=O) groups is 1. The largest absolute Gasteiger partial charge is 0.441 e. The summed E-state index contributed by atoms with van der Waals surface area (Å²) in [4.78, 5) is 16.5. The number of amides is 1. The maximum atomic E-state index is 12.2. The van der Waals surface area contributed by atoms with Crippen molar-refractivity contribution >= 4 is 5.91 Å². The zero-order valence-corrected chi connectivity index (χ0v) is 12.1. The van der Waals surface area contributed by atoms with Gasteiger partial charge < -0.3 is 9.73 Å². The van der Waals surface area contributed by atoms with Gasteiger partial charge in [0.05, 0.1) is 0 Å². The van der Waals surface area contributed by atoms with E-state index in [0.717, 1.165) is 18.4 Å². The van der Waals surface area contributed by atoms with E-state index in [0.29, 0.717) is 17.3 Å². The molecule has 1 amide bonds. The van der Waals surface area contributed by atoms with Crippen LogP contribution in [0.4, 0.5) is 0 Å². The SMILES string of the molecule is CCCC(C)NC(=O)c1nc(-c2ccccc2)oc1C. The Morgan fingerprint density at radius 2 is 2.05 bits per heavy atom. The maximum absolute atomic E-state index is 12.2. The van der Waals surface area contributed by atoms with Crippen LogP contribution >= 0.6 is 0 Å². The van der Waals surface area contributed by atoms with Crippen molar-refractivity contribution in [3.05, 3.63) is 41.8 Å². The van der Waals surface area contributed by atoms with Gasteiger partial charge in [-0.3, -0.25) is 4.79 Å². The lowest BCUT2D eigenvalue weighted by molar-refractivity contribution is 0.0932. The van der Waals surface area contributed by atoms with Crippen LogP contribution in [-0.2, 0) is 0 Å². The minimum absolute atomic E-state index is 0.142. The second-order valence-corrected chi connectivity index (χ2v) is 4.95. The molecule has 1 aromatic carbocycles. The fraction of sp³-hybridized carbons (Fsp3) is 0.375. The molecule has 0 spiro atoms. The number of hydrogen-bond acceptors (Lipinski definition) is 3. The van der Waals surface area contributed by atoms with E-state index in [4.69, 9.17) is 4.42 Å². The Bertz CT molecular complexity index is 575. The Morgan fingerprint density at radius 3 is 2.70 bits per heavy atom. The van der Waals surface area contributed by atoms with Gasteiger partial charge in [-0.25, -0.2) is 4.98 Å². The van der Waals surface area contributed by atoms with Crippen LogP contribution in [0.2, 0.25) is 0 Å². The molecule has 1 atom stereocenters. The van der Waals surface area contributed by atoms with Crippen LogP contribution in [-0.4, -0.2) is 16.9 Å². The first kappa shape index (κ1) is 14.3. The number of aromatic nitrogens is 1. The van der Waals surface area contributed by atoms with Crippen molar-refractivity contribution in [1.82, 2.24) is 10.3 Å². The second kappa shape index (κ2) is 6.37. The summed E-state index contributed by atoms with van der Waals surface area (Å²) in [5.74, 6) is 0.857. The molecular formula is C16H20N2O2. The van der Waals surface area contributed by atoms with Gasteiger partial charge in [-0.2, -0.15) is 0 Å². The van der Waals surface area contributed by atoms with E-state index in [1.807, 2.05) is 37.3 Å². The lowest BCUT2D eigenvalue weighted by Crippen LogP contribution is -2.32. The Balaban J connectivity index is 2.17. The average Bonchev–Trinajstić information content (AvgIpc) is 2.82. The number of nitrogens with zero attached hydrogens (tertiary/aromatic N) is 1. The maximum Gasteiger partial charge on any atom is 0.273 e. The van der Waals surface area contributed by atoms with E-state index < -0.39 is 0 Å². The third-order valence-corrected chi connectivity index (χ3v) is 3.13. The second-order valence-electron chi connectivity index (χ2n) is 4.95. The Morgan fingerprint density at radius 1 is 1.35 bits per heavy atom. The summed E-state index contributed by atoms with van der Waals surface area (Å²) >= 11 is 0.